The third-order valence-electron chi connectivity index (χ3n) is 23.1. The Morgan fingerprint density at radius 2 is 0.364 bits per heavy atom. The smallest absolute Gasteiger partial charge is 0.0328 e. The van der Waals surface area contributed by atoms with Gasteiger partial charge >= 0.3 is 0 Å². The van der Waals surface area contributed by atoms with Gasteiger partial charge in [0, 0.05) is 0 Å². The van der Waals surface area contributed by atoms with Crippen LogP contribution >= 0.6 is 0 Å². The molecule has 0 N–H and O–H groups in total. The predicted octanol–water partition coefficient (Wildman–Crippen LogP) is 29.1. The Kier molecular flexibility index (Phi) is 48.6. The highest BCUT2D eigenvalue weighted by Crippen LogP contribution is 2.48. The molecule has 10 aliphatic carbocycles. The minimum Gasteiger partial charge on any atom is -0.0776 e. The summed E-state index contributed by atoms with van der Waals surface area (Å²) in [6, 6.07) is 0. The first-order valence-electron chi connectivity index (χ1n) is 36.0. The van der Waals surface area contributed by atoms with Gasteiger partial charge in [-0.3, -0.25) is 0 Å². The standard InChI is InChI=1S/C10H20.2C9H18.2C8H16.2C7H14.2C6H12.C5H10.2CH4/c1-3-10(2)8-6-4-5-7-9-10;1-3-9(2)7-5-4-6-8-9;1-2-9-7-5-3-4-6-8-9;1-3-8(2)6-4-5-7-8;1-2-8-6-4-3-5-7-8;1-3-7(2)5-4-6-7;1-2-7-5-3-4-6-7;1-3-6(2)4-5-6;1-2-6-4-3-5-6;1-2-5-3-4-5;;/h3-9H2,1-2H3;3-8H2,1-2H3;9H,2-8H2,1H3;3-7H2,1-2H3;8H,2-7H2,1H3;3-6H2,1-2H3;7H,2-6H2,1H3;3-5H2,1-2H3;6H,2-5H2,1H3;5H,2-4H2,1H3;2*1H4. The normalized spacial score (nSPS) is 24.4. The van der Waals surface area contributed by atoms with E-state index in [0.717, 1.165) is 51.2 Å². The number of hydrogen-bond acceptors (Lipinski definition) is 0. The van der Waals surface area contributed by atoms with Crippen LogP contribution in [0.25, 0.3) is 0 Å². The molecule has 0 bridgehead atoms. The van der Waals surface area contributed by atoms with E-state index < -0.39 is 0 Å². The fourth-order valence-electron chi connectivity index (χ4n) is 13.2. The Balaban J connectivity index is 0. The highest BCUT2D eigenvalue weighted by atomic mass is 14.4. The first kappa shape index (κ1) is 79.1. The topological polar surface area (TPSA) is 0 Å². The summed E-state index contributed by atoms with van der Waals surface area (Å²) >= 11 is 0. The van der Waals surface area contributed by atoms with Crippen LogP contribution in [-0.4, -0.2) is 0 Å². The molecule has 0 nitrogen and oxygen atoms in total. The van der Waals surface area contributed by atoms with Crippen LogP contribution in [-0.2, 0) is 0 Å². The second-order valence-electron chi connectivity index (χ2n) is 29.7. The number of rotatable bonds is 10. The van der Waals surface area contributed by atoms with Gasteiger partial charge in [0.1, 0.15) is 0 Å². The SMILES string of the molecule is C.C.CCC1(C)CC1.CCC1(C)CCC1.CCC1(C)CCCC1.CCC1(C)CCCCC1.CCC1(C)CCCCCC1.CCC1CC1.CCC1CCC1.CCC1CCCC1.CCC1CCCCC1.CCC1CCCCCC1. The van der Waals surface area contributed by atoms with Crippen LogP contribution in [0.1, 0.15) is 440 Å². The molecule has 0 aromatic rings. The van der Waals surface area contributed by atoms with Crippen molar-refractivity contribution in [2.75, 3.05) is 0 Å². The zero-order valence-corrected chi connectivity index (χ0v) is 55.7. The maximum absolute atomic E-state index is 2.46. The lowest BCUT2D eigenvalue weighted by Gasteiger charge is -2.37. The van der Waals surface area contributed by atoms with E-state index in [-0.39, 0.29) is 14.9 Å². The zero-order valence-electron chi connectivity index (χ0n) is 55.7. The molecule has 466 valence electrons. The largest absolute Gasteiger partial charge is 0.0776 e. The molecule has 77 heavy (non-hydrogen) atoms. The van der Waals surface area contributed by atoms with E-state index in [4.69, 9.17) is 0 Å². The quantitative estimate of drug-likeness (QED) is 0.191. The summed E-state index contributed by atoms with van der Waals surface area (Å²) in [7, 11) is 0. The second kappa shape index (κ2) is 47.4. The molecular weight excluding hydrogens is 925 g/mol. The van der Waals surface area contributed by atoms with Gasteiger partial charge in [0.05, 0.1) is 0 Å². The Morgan fingerprint density at radius 1 is 0.195 bits per heavy atom. The minimum absolute atomic E-state index is 0. The van der Waals surface area contributed by atoms with Gasteiger partial charge in [-0.15, -0.1) is 0 Å². The van der Waals surface area contributed by atoms with Gasteiger partial charge in [0.2, 0.25) is 0 Å². The summed E-state index contributed by atoms with van der Waals surface area (Å²) in [5, 5.41) is 0. The Hall–Kier alpha value is 0. The first-order chi connectivity index (χ1) is 36.0. The lowest BCUT2D eigenvalue weighted by atomic mass is 9.69. The molecule has 10 fully saturated rings. The van der Waals surface area contributed by atoms with Crippen molar-refractivity contribution in [2.24, 2.45) is 56.7 Å². The maximum Gasteiger partial charge on any atom is -0.0328 e. The molecule has 0 heterocycles. The highest BCUT2D eigenvalue weighted by Gasteiger charge is 2.34. The van der Waals surface area contributed by atoms with Crippen LogP contribution in [0.2, 0.25) is 0 Å². The van der Waals surface area contributed by atoms with Gasteiger partial charge in [-0.1, -0.05) is 376 Å². The molecule has 0 spiro atoms. The van der Waals surface area contributed by atoms with E-state index >= 15 is 0 Å². The van der Waals surface area contributed by atoms with Crippen molar-refractivity contribution in [3.05, 3.63) is 0 Å². The average molecular weight is 1080 g/mol. The molecule has 0 aliphatic heterocycles. The second-order valence-corrected chi connectivity index (χ2v) is 29.7. The summed E-state index contributed by atoms with van der Waals surface area (Å²) in [5.74, 6) is 5.51. The molecular formula is C77H158. The van der Waals surface area contributed by atoms with E-state index in [1.165, 1.54) is 321 Å². The van der Waals surface area contributed by atoms with Crippen LogP contribution in [0.5, 0.6) is 0 Å². The fraction of sp³-hybridized carbons (Fsp3) is 1.00. The van der Waals surface area contributed by atoms with Crippen LogP contribution in [0, 0.1) is 56.7 Å². The van der Waals surface area contributed by atoms with E-state index in [9.17, 15) is 0 Å². The lowest BCUT2D eigenvalue weighted by Crippen LogP contribution is -2.23. The molecule has 10 saturated carbocycles. The Labute approximate surface area is 493 Å². The van der Waals surface area contributed by atoms with E-state index in [2.05, 4.69) is 104 Å². The summed E-state index contributed by atoms with van der Waals surface area (Å²) in [5.41, 5.74) is 3.72. The van der Waals surface area contributed by atoms with Gasteiger partial charge in [-0.2, -0.15) is 0 Å². The predicted molar refractivity (Wildman–Crippen MR) is 359 cm³/mol. The van der Waals surface area contributed by atoms with Crippen LogP contribution in [0.15, 0.2) is 0 Å². The zero-order chi connectivity index (χ0) is 55.7. The van der Waals surface area contributed by atoms with Crippen molar-refractivity contribution in [3.63, 3.8) is 0 Å². The summed E-state index contributed by atoms with van der Waals surface area (Å²) < 4.78 is 0. The molecule has 0 saturated heterocycles. The van der Waals surface area contributed by atoms with Crippen molar-refractivity contribution >= 4 is 0 Å². The maximum atomic E-state index is 2.46. The highest BCUT2D eigenvalue weighted by molar-refractivity contribution is 4.86. The lowest BCUT2D eigenvalue weighted by molar-refractivity contribution is 0.155. The molecule has 0 heteroatoms. The third kappa shape index (κ3) is 40.8. The van der Waals surface area contributed by atoms with Gasteiger partial charge in [-0.05, 0) is 121 Å². The van der Waals surface area contributed by atoms with Crippen molar-refractivity contribution < 1.29 is 0 Å². The van der Waals surface area contributed by atoms with Crippen molar-refractivity contribution in [1.29, 1.82) is 0 Å². The fourth-order valence-corrected chi connectivity index (χ4v) is 13.2. The van der Waals surface area contributed by atoms with Crippen LogP contribution in [0.4, 0.5) is 0 Å². The summed E-state index contributed by atoms with van der Waals surface area (Å²) in [4.78, 5) is 0. The first-order valence-corrected chi connectivity index (χ1v) is 36.0. The summed E-state index contributed by atoms with van der Waals surface area (Å²) in [6.07, 6.45) is 73.6. The van der Waals surface area contributed by atoms with Gasteiger partial charge < -0.3 is 0 Å². The van der Waals surface area contributed by atoms with Crippen molar-refractivity contribution in [1.82, 2.24) is 0 Å². The van der Waals surface area contributed by atoms with Gasteiger partial charge in [-0.25, -0.2) is 0 Å². The molecule has 10 aliphatic rings. The molecule has 0 unspecified atom stereocenters. The van der Waals surface area contributed by atoms with Gasteiger partial charge in [0.15, 0.2) is 0 Å². The molecule has 0 aromatic heterocycles. The average Bonchev–Trinajstić information content (AvgIpc) is 4.35. The van der Waals surface area contributed by atoms with Crippen LogP contribution in [0.3, 0.4) is 0 Å². The van der Waals surface area contributed by atoms with Crippen LogP contribution < -0.4 is 0 Å². The van der Waals surface area contributed by atoms with Gasteiger partial charge in [0.25, 0.3) is 0 Å². The Bertz CT molecular complexity index is 1170. The molecule has 0 radical (unpaired) electrons. The van der Waals surface area contributed by atoms with Crippen molar-refractivity contribution in [2.45, 2.75) is 440 Å². The molecule has 0 amide bonds. The number of hydrogen-bond donors (Lipinski definition) is 0. The monoisotopic (exact) mass is 1080 g/mol. The van der Waals surface area contributed by atoms with Crippen molar-refractivity contribution in [3.8, 4) is 0 Å². The van der Waals surface area contributed by atoms with E-state index in [0.29, 0.717) is 5.41 Å². The molecule has 0 aromatic carbocycles. The Morgan fingerprint density at radius 3 is 0.519 bits per heavy atom. The minimum atomic E-state index is 0. The van der Waals surface area contributed by atoms with E-state index in [1.807, 2.05) is 0 Å². The molecule has 0 atom stereocenters. The molecule has 10 rings (SSSR count). The third-order valence-corrected chi connectivity index (χ3v) is 23.1. The summed E-state index contributed by atoms with van der Waals surface area (Å²) in [6.45, 7) is 35.1. The van der Waals surface area contributed by atoms with E-state index in [1.54, 1.807) is 0 Å².